The molecule has 23 heavy (non-hydrogen) atoms. The molecule has 0 spiro atoms. The van der Waals surface area contributed by atoms with Crippen molar-refractivity contribution in [2.45, 2.75) is 6.10 Å². The number of benzene rings is 2. The molecule has 7 heteroatoms. The molecule has 1 aliphatic rings. The monoisotopic (exact) mass is 331 g/mol. The highest BCUT2D eigenvalue weighted by Gasteiger charge is 2.33. The van der Waals surface area contributed by atoms with Crippen molar-refractivity contribution in [3.8, 4) is 11.5 Å². The quantitative estimate of drug-likeness (QED) is 0.601. The van der Waals surface area contributed by atoms with Gasteiger partial charge in [0.1, 0.15) is 11.5 Å². The summed E-state index contributed by atoms with van der Waals surface area (Å²) in [7, 11) is 1.27. The fourth-order valence-electron chi connectivity index (χ4n) is 2.43. The number of hydrogen-bond acceptors (Lipinski definition) is 5. The second-order valence-corrected chi connectivity index (χ2v) is 7.42. The number of para-hydroxylation sites is 1. The van der Waals surface area contributed by atoms with Crippen LogP contribution in [0.25, 0.3) is 0 Å². The molecule has 0 bridgehead atoms. The second-order valence-electron chi connectivity index (χ2n) is 5.11. The summed E-state index contributed by atoms with van der Waals surface area (Å²) >= 11 is 0. The number of ether oxygens (including phenoxy) is 1. The van der Waals surface area contributed by atoms with E-state index in [1.54, 1.807) is 7.48 Å². The van der Waals surface area contributed by atoms with Crippen molar-refractivity contribution in [2.75, 3.05) is 20.4 Å². The summed E-state index contributed by atoms with van der Waals surface area (Å²) in [4.78, 5) is 0. The maximum atomic E-state index is 12.3. The van der Waals surface area contributed by atoms with Crippen molar-refractivity contribution >= 4 is 20.5 Å². The van der Waals surface area contributed by atoms with Gasteiger partial charge >= 0.3 is 15.1 Å². The van der Waals surface area contributed by atoms with Crippen LogP contribution >= 0.6 is 7.60 Å². The van der Waals surface area contributed by atoms with Gasteiger partial charge < -0.3 is 18.4 Å². The Bertz CT molecular complexity index is 714. The van der Waals surface area contributed by atoms with Gasteiger partial charge in [0.15, 0.2) is 0 Å². The Kier molecular flexibility index (Phi) is 4.88. The van der Waals surface area contributed by atoms with Gasteiger partial charge in [0.05, 0.1) is 12.3 Å². The molecule has 119 valence electrons. The highest BCUT2D eigenvalue weighted by molar-refractivity contribution is 7.53. The summed E-state index contributed by atoms with van der Waals surface area (Å²) < 4.78 is 33.6. The highest BCUT2D eigenvalue weighted by atomic mass is 31.2. The van der Waals surface area contributed by atoms with Gasteiger partial charge in [0.25, 0.3) is 0 Å². The van der Waals surface area contributed by atoms with Crippen molar-refractivity contribution in [1.82, 2.24) is 0 Å². The minimum atomic E-state index is -3.13. The minimum absolute atomic E-state index is 0.169. The molecule has 1 unspecified atom stereocenters. The van der Waals surface area contributed by atoms with E-state index >= 15 is 0 Å². The minimum Gasteiger partial charge on any atom is -0.457 e. The maximum absolute atomic E-state index is 12.3. The van der Waals surface area contributed by atoms with Crippen molar-refractivity contribution in [3.05, 3.63) is 54.1 Å². The molecule has 2 aromatic rings. The smallest absolute Gasteiger partial charge is 0.333 e. The van der Waals surface area contributed by atoms with Crippen molar-refractivity contribution < 1.29 is 23.0 Å². The Morgan fingerprint density at radius 3 is 2.52 bits per heavy atom. The van der Waals surface area contributed by atoms with Crippen LogP contribution in [-0.4, -0.2) is 27.9 Å². The van der Waals surface area contributed by atoms with E-state index in [1.165, 1.54) is 14.2 Å². The van der Waals surface area contributed by atoms with Crippen LogP contribution < -0.4 is 10.2 Å². The lowest BCUT2D eigenvalue weighted by Crippen LogP contribution is -2.11. The first-order chi connectivity index (χ1) is 11.1. The molecular formula is C16H17BO5P. The SMILES string of the molecule is COP(=O)(CC1O[B]c2cc(Oc3ccccc3)ccc21)OC. The Morgan fingerprint density at radius 1 is 1.09 bits per heavy atom. The number of rotatable bonds is 6. The highest BCUT2D eigenvalue weighted by Crippen LogP contribution is 2.50. The summed E-state index contributed by atoms with van der Waals surface area (Å²) in [6.07, 6.45) is -0.177. The van der Waals surface area contributed by atoms with Crippen LogP contribution in [-0.2, 0) is 18.3 Å². The third-order valence-corrected chi connectivity index (χ3v) is 5.58. The Hall–Kier alpha value is -1.59. The molecule has 5 nitrogen and oxygen atoms in total. The zero-order valence-electron chi connectivity index (χ0n) is 13.0. The lowest BCUT2D eigenvalue weighted by Gasteiger charge is -2.18. The fourth-order valence-corrected chi connectivity index (χ4v) is 3.57. The predicted octanol–water partition coefficient (Wildman–Crippen LogP) is 3.28. The van der Waals surface area contributed by atoms with E-state index < -0.39 is 7.60 Å². The molecule has 0 saturated carbocycles. The molecule has 1 radical (unpaired) electrons. The normalized spacial score (nSPS) is 16.7. The van der Waals surface area contributed by atoms with Gasteiger partial charge in [-0.3, -0.25) is 4.57 Å². The molecule has 0 fully saturated rings. The van der Waals surface area contributed by atoms with Crippen LogP contribution in [0.4, 0.5) is 0 Å². The zero-order valence-corrected chi connectivity index (χ0v) is 13.9. The van der Waals surface area contributed by atoms with E-state index in [2.05, 4.69) is 0 Å². The molecule has 2 aromatic carbocycles. The third-order valence-electron chi connectivity index (χ3n) is 3.69. The largest absolute Gasteiger partial charge is 0.457 e. The molecule has 0 saturated heterocycles. The van der Waals surface area contributed by atoms with E-state index in [-0.39, 0.29) is 12.3 Å². The van der Waals surface area contributed by atoms with E-state index in [9.17, 15) is 4.57 Å². The first-order valence-corrected chi connectivity index (χ1v) is 8.92. The molecule has 0 aliphatic carbocycles. The predicted molar refractivity (Wildman–Crippen MR) is 88.7 cm³/mol. The van der Waals surface area contributed by atoms with Crippen molar-refractivity contribution in [3.63, 3.8) is 0 Å². The lowest BCUT2D eigenvalue weighted by atomic mass is 9.86. The zero-order chi connectivity index (χ0) is 16.3. The van der Waals surface area contributed by atoms with Crippen LogP contribution in [0.15, 0.2) is 48.5 Å². The summed E-state index contributed by atoms with van der Waals surface area (Å²) in [5, 5.41) is 0. The van der Waals surface area contributed by atoms with Crippen LogP contribution in [0.3, 0.4) is 0 Å². The molecule has 1 heterocycles. The molecule has 1 aliphatic heterocycles. The number of hydrogen-bond donors (Lipinski definition) is 0. The first kappa shape index (κ1) is 16.3. The standard InChI is InChI=1S/C16H17BO5P/c1-19-23(18,20-2)11-16-14-9-8-13(10-15(14)17-22-16)21-12-6-4-3-5-7-12/h3-10,16H,11H2,1-2H3. The van der Waals surface area contributed by atoms with Gasteiger partial charge in [-0.2, -0.15) is 0 Å². The van der Waals surface area contributed by atoms with Gasteiger partial charge in [-0.15, -0.1) is 0 Å². The van der Waals surface area contributed by atoms with Gasteiger partial charge in [-0.25, -0.2) is 0 Å². The van der Waals surface area contributed by atoms with Gasteiger partial charge in [0.2, 0.25) is 0 Å². The lowest BCUT2D eigenvalue weighted by molar-refractivity contribution is 0.225. The summed E-state index contributed by atoms with van der Waals surface area (Å²) in [6.45, 7) is 0. The fraction of sp³-hybridized carbons (Fsp3) is 0.250. The Labute approximate surface area is 136 Å². The average Bonchev–Trinajstić information content (AvgIpc) is 2.97. The molecular weight excluding hydrogens is 314 g/mol. The topological polar surface area (TPSA) is 54.0 Å². The molecule has 3 rings (SSSR count). The molecule has 0 amide bonds. The van der Waals surface area contributed by atoms with E-state index in [0.717, 1.165) is 22.5 Å². The van der Waals surface area contributed by atoms with Gasteiger partial charge in [0, 0.05) is 14.2 Å². The first-order valence-electron chi connectivity index (χ1n) is 7.19. The summed E-state index contributed by atoms with van der Waals surface area (Å²) in [6, 6.07) is 15.2. The molecule has 0 N–H and O–H groups in total. The van der Waals surface area contributed by atoms with Crippen LogP contribution in [0.5, 0.6) is 11.5 Å². The van der Waals surface area contributed by atoms with E-state index in [0.29, 0.717) is 0 Å². The maximum Gasteiger partial charge on any atom is 0.333 e. The summed E-state index contributed by atoms with van der Waals surface area (Å²) in [5.74, 6) is 1.49. The molecule has 0 aromatic heterocycles. The Morgan fingerprint density at radius 2 is 1.83 bits per heavy atom. The van der Waals surface area contributed by atoms with Crippen LogP contribution in [0.2, 0.25) is 0 Å². The molecule has 1 atom stereocenters. The van der Waals surface area contributed by atoms with E-state index in [4.69, 9.17) is 18.4 Å². The van der Waals surface area contributed by atoms with E-state index in [1.807, 2.05) is 48.5 Å². The number of fused-ring (bicyclic) bond motifs is 1. The van der Waals surface area contributed by atoms with Crippen molar-refractivity contribution in [1.29, 1.82) is 0 Å². The van der Waals surface area contributed by atoms with Crippen molar-refractivity contribution in [2.24, 2.45) is 0 Å². The van der Waals surface area contributed by atoms with Crippen LogP contribution in [0, 0.1) is 0 Å². The van der Waals surface area contributed by atoms with Gasteiger partial charge in [-0.05, 0) is 35.3 Å². The van der Waals surface area contributed by atoms with Gasteiger partial charge in [-0.1, -0.05) is 24.3 Å². The summed E-state index contributed by atoms with van der Waals surface area (Å²) in [5.41, 5.74) is 1.85. The second kappa shape index (κ2) is 6.89. The average molecular weight is 331 g/mol. The van der Waals surface area contributed by atoms with Crippen LogP contribution in [0.1, 0.15) is 11.7 Å². The Balaban J connectivity index is 1.76. The third kappa shape index (κ3) is 3.67.